The second kappa shape index (κ2) is 6.58. The Bertz CT molecular complexity index is 357. The van der Waals surface area contributed by atoms with Gasteiger partial charge in [0.15, 0.2) is 0 Å². The van der Waals surface area contributed by atoms with Crippen molar-refractivity contribution in [2.75, 3.05) is 19.7 Å². The maximum atomic E-state index is 6.25. The number of furan rings is 1. The maximum absolute atomic E-state index is 6.25. The molecule has 1 aliphatic heterocycles. The predicted octanol–water partition coefficient (Wildman–Crippen LogP) is 3.32. The van der Waals surface area contributed by atoms with Crippen LogP contribution in [0.15, 0.2) is 23.0 Å². The van der Waals surface area contributed by atoms with Crippen molar-refractivity contribution in [2.45, 2.75) is 50.5 Å². The van der Waals surface area contributed by atoms with Crippen molar-refractivity contribution in [1.82, 2.24) is 5.32 Å². The van der Waals surface area contributed by atoms with E-state index >= 15 is 0 Å². The first-order valence-electron chi connectivity index (χ1n) is 7.78. The quantitative estimate of drug-likeness (QED) is 0.905. The van der Waals surface area contributed by atoms with Gasteiger partial charge in [0.25, 0.3) is 0 Å². The summed E-state index contributed by atoms with van der Waals surface area (Å²) >= 11 is 0. The number of hydrogen-bond acceptors (Lipinski definition) is 3. The Kier molecular flexibility index (Phi) is 4.57. The van der Waals surface area contributed by atoms with Gasteiger partial charge in [-0.2, -0.15) is 0 Å². The minimum atomic E-state index is 0.313. The maximum Gasteiger partial charge on any atom is 0.0938 e. The predicted molar refractivity (Wildman–Crippen MR) is 75.3 cm³/mol. The molecule has 1 saturated carbocycles. The van der Waals surface area contributed by atoms with E-state index in [1.807, 2.05) is 6.26 Å². The normalized spacial score (nSPS) is 29.5. The Morgan fingerprint density at radius 1 is 1.21 bits per heavy atom. The molecule has 3 rings (SSSR count). The fourth-order valence-electron chi connectivity index (χ4n) is 3.49. The van der Waals surface area contributed by atoms with Crippen LogP contribution in [-0.2, 0) is 4.74 Å². The third-order valence-electron chi connectivity index (χ3n) is 4.67. The second-order valence-electron chi connectivity index (χ2n) is 6.03. The molecule has 1 aliphatic carbocycles. The van der Waals surface area contributed by atoms with Gasteiger partial charge in [0.2, 0.25) is 0 Å². The summed E-state index contributed by atoms with van der Waals surface area (Å²) in [5.41, 5.74) is 1.30. The van der Waals surface area contributed by atoms with E-state index in [2.05, 4.69) is 11.4 Å². The lowest BCUT2D eigenvalue weighted by Crippen LogP contribution is -2.41. The van der Waals surface area contributed by atoms with Crippen LogP contribution in [0.3, 0.4) is 0 Å². The standard InChI is InChI=1S/C16H25NO2/c1-2-4-13(5-3-1)11-19-16-10-17-8-6-15(16)14-7-9-18-12-14/h7,9,12-13,15-17H,1-6,8,10-11H2/t15-,16+/m1/s1. The molecule has 0 radical (unpaired) electrons. The van der Waals surface area contributed by atoms with Gasteiger partial charge in [0.05, 0.1) is 18.6 Å². The van der Waals surface area contributed by atoms with E-state index in [9.17, 15) is 0 Å². The third-order valence-corrected chi connectivity index (χ3v) is 4.67. The Balaban J connectivity index is 1.55. The molecule has 19 heavy (non-hydrogen) atoms. The highest BCUT2D eigenvalue weighted by molar-refractivity contribution is 5.15. The van der Waals surface area contributed by atoms with Gasteiger partial charge in [0, 0.05) is 19.1 Å². The third kappa shape index (κ3) is 3.40. The lowest BCUT2D eigenvalue weighted by atomic mass is 9.88. The summed E-state index contributed by atoms with van der Waals surface area (Å²) < 4.78 is 11.5. The molecule has 2 aliphatic rings. The van der Waals surface area contributed by atoms with Crippen molar-refractivity contribution in [3.05, 3.63) is 24.2 Å². The van der Waals surface area contributed by atoms with Gasteiger partial charge >= 0.3 is 0 Å². The molecule has 1 saturated heterocycles. The summed E-state index contributed by atoms with van der Waals surface area (Å²) in [5.74, 6) is 1.30. The van der Waals surface area contributed by atoms with Crippen molar-refractivity contribution in [3.8, 4) is 0 Å². The number of nitrogens with one attached hydrogen (secondary N) is 1. The minimum absolute atomic E-state index is 0.313. The van der Waals surface area contributed by atoms with Crippen molar-refractivity contribution in [2.24, 2.45) is 5.92 Å². The number of ether oxygens (including phenoxy) is 1. The number of piperidine rings is 1. The van der Waals surface area contributed by atoms with Gasteiger partial charge in [-0.05, 0) is 43.4 Å². The highest BCUT2D eigenvalue weighted by atomic mass is 16.5. The van der Waals surface area contributed by atoms with Gasteiger partial charge in [-0.15, -0.1) is 0 Å². The molecule has 2 heterocycles. The van der Waals surface area contributed by atoms with Crippen molar-refractivity contribution in [1.29, 1.82) is 0 Å². The lowest BCUT2D eigenvalue weighted by molar-refractivity contribution is -0.00411. The van der Waals surface area contributed by atoms with Crippen molar-refractivity contribution < 1.29 is 9.15 Å². The van der Waals surface area contributed by atoms with E-state index in [1.165, 1.54) is 37.7 Å². The topological polar surface area (TPSA) is 34.4 Å². The van der Waals surface area contributed by atoms with Gasteiger partial charge in [-0.1, -0.05) is 19.3 Å². The summed E-state index contributed by atoms with van der Waals surface area (Å²) in [6.07, 6.45) is 12.0. The van der Waals surface area contributed by atoms with E-state index in [4.69, 9.17) is 9.15 Å². The van der Waals surface area contributed by atoms with Gasteiger partial charge in [0.1, 0.15) is 0 Å². The number of rotatable bonds is 4. The minimum Gasteiger partial charge on any atom is -0.472 e. The van der Waals surface area contributed by atoms with Crippen LogP contribution >= 0.6 is 0 Å². The molecule has 2 fully saturated rings. The summed E-state index contributed by atoms with van der Waals surface area (Å²) in [4.78, 5) is 0. The SMILES string of the molecule is c1cc([C@H]2CCNC[C@@H]2OCC2CCCCC2)co1. The molecular weight excluding hydrogens is 238 g/mol. The van der Waals surface area contributed by atoms with Gasteiger partial charge in [-0.3, -0.25) is 0 Å². The molecule has 0 spiro atoms. The first-order chi connectivity index (χ1) is 9.43. The zero-order valence-electron chi connectivity index (χ0n) is 11.6. The van der Waals surface area contributed by atoms with Crippen LogP contribution in [0.5, 0.6) is 0 Å². The highest BCUT2D eigenvalue weighted by Gasteiger charge is 2.28. The van der Waals surface area contributed by atoms with Crippen molar-refractivity contribution in [3.63, 3.8) is 0 Å². The lowest BCUT2D eigenvalue weighted by Gasteiger charge is -2.33. The zero-order chi connectivity index (χ0) is 12.9. The van der Waals surface area contributed by atoms with E-state index in [-0.39, 0.29) is 0 Å². The number of hydrogen-bond donors (Lipinski definition) is 1. The molecule has 3 nitrogen and oxygen atoms in total. The van der Waals surface area contributed by atoms with Crippen LogP contribution in [0.1, 0.15) is 50.0 Å². The molecule has 1 aromatic rings. The molecule has 0 unspecified atom stereocenters. The fraction of sp³-hybridized carbons (Fsp3) is 0.750. The smallest absolute Gasteiger partial charge is 0.0938 e. The van der Waals surface area contributed by atoms with E-state index < -0.39 is 0 Å². The summed E-state index contributed by atoms with van der Waals surface area (Å²) in [5, 5.41) is 3.46. The van der Waals surface area contributed by atoms with Crippen molar-refractivity contribution >= 4 is 0 Å². The van der Waals surface area contributed by atoms with Crippen LogP contribution in [0.25, 0.3) is 0 Å². The Labute approximate surface area is 115 Å². The molecular formula is C16H25NO2. The van der Waals surface area contributed by atoms with Crippen LogP contribution < -0.4 is 5.32 Å². The van der Waals surface area contributed by atoms with Crippen LogP contribution in [0.4, 0.5) is 0 Å². The molecule has 1 N–H and O–H groups in total. The first-order valence-corrected chi connectivity index (χ1v) is 7.78. The molecule has 106 valence electrons. The second-order valence-corrected chi connectivity index (χ2v) is 6.03. The Hall–Kier alpha value is -0.800. The summed E-state index contributed by atoms with van der Waals surface area (Å²) in [6, 6.07) is 2.09. The molecule has 0 amide bonds. The Morgan fingerprint density at radius 3 is 2.89 bits per heavy atom. The van der Waals surface area contributed by atoms with Crippen LogP contribution in [0, 0.1) is 5.92 Å². The Morgan fingerprint density at radius 2 is 2.11 bits per heavy atom. The van der Waals surface area contributed by atoms with E-state index in [0.717, 1.165) is 32.0 Å². The molecule has 0 aromatic carbocycles. The van der Waals surface area contributed by atoms with Gasteiger partial charge < -0.3 is 14.5 Å². The highest BCUT2D eigenvalue weighted by Crippen LogP contribution is 2.30. The molecule has 0 bridgehead atoms. The fourth-order valence-corrected chi connectivity index (χ4v) is 3.49. The summed E-state index contributed by atoms with van der Waals surface area (Å²) in [7, 11) is 0. The van der Waals surface area contributed by atoms with E-state index in [0.29, 0.717) is 12.0 Å². The zero-order valence-corrected chi connectivity index (χ0v) is 11.6. The average molecular weight is 263 g/mol. The van der Waals surface area contributed by atoms with Crippen LogP contribution in [-0.4, -0.2) is 25.8 Å². The van der Waals surface area contributed by atoms with Crippen LogP contribution in [0.2, 0.25) is 0 Å². The largest absolute Gasteiger partial charge is 0.472 e. The molecule has 1 aromatic heterocycles. The molecule has 2 atom stereocenters. The molecule has 3 heteroatoms. The first kappa shape index (κ1) is 13.2. The summed E-state index contributed by atoms with van der Waals surface area (Å²) in [6.45, 7) is 3.00. The van der Waals surface area contributed by atoms with E-state index in [1.54, 1.807) is 6.26 Å². The monoisotopic (exact) mass is 263 g/mol. The van der Waals surface area contributed by atoms with Gasteiger partial charge in [-0.25, -0.2) is 0 Å². The average Bonchev–Trinajstić information content (AvgIpc) is 3.01.